The number of unbranched alkanes of at least 4 members (excludes halogenated alkanes) is 2. The molecule has 0 spiro atoms. The molecule has 0 aliphatic rings. The number of carbonyl (C=O) groups excluding carboxylic acids is 1. The Labute approximate surface area is 127 Å². The molecule has 4 heteroatoms. The molecule has 4 nitrogen and oxygen atoms in total. The monoisotopic (exact) mass is 291 g/mol. The van der Waals surface area contributed by atoms with Crippen LogP contribution in [-0.4, -0.2) is 43.2 Å². The topological polar surface area (TPSA) is 49.8 Å². The first-order valence-electron chi connectivity index (χ1n) is 7.27. The highest BCUT2D eigenvalue weighted by Gasteiger charge is 2.05. The van der Waals surface area contributed by atoms with Gasteiger partial charge in [0, 0.05) is 31.8 Å². The lowest BCUT2D eigenvalue weighted by Crippen LogP contribution is -2.25. The number of aliphatic hydroxyl groups excluding tert-OH is 1. The van der Waals surface area contributed by atoms with Gasteiger partial charge in [0.1, 0.15) is 5.75 Å². The molecule has 0 aliphatic carbocycles. The number of aryl methyl sites for hydroxylation is 1. The number of rotatable bonds is 8. The van der Waals surface area contributed by atoms with E-state index in [1.165, 1.54) is 0 Å². The molecule has 0 aromatic heterocycles. The molecule has 0 radical (unpaired) electrons. The van der Waals surface area contributed by atoms with Crippen molar-refractivity contribution in [2.45, 2.75) is 26.2 Å². The predicted octanol–water partition coefficient (Wildman–Crippen LogP) is 2.64. The van der Waals surface area contributed by atoms with Crippen molar-refractivity contribution in [3.8, 4) is 5.75 Å². The van der Waals surface area contributed by atoms with Crippen LogP contribution in [0.5, 0.6) is 5.75 Å². The Morgan fingerprint density at radius 3 is 2.76 bits per heavy atom. The van der Waals surface area contributed by atoms with Crippen molar-refractivity contribution in [2.75, 3.05) is 27.3 Å². The van der Waals surface area contributed by atoms with Crippen molar-refractivity contribution in [1.82, 2.24) is 4.90 Å². The number of nitrogens with zero attached hydrogens (tertiary/aromatic N) is 1. The number of ether oxygens (including phenoxy) is 1. The maximum absolute atomic E-state index is 12.0. The fraction of sp³-hybridized carbons (Fsp3) is 0.471. The van der Waals surface area contributed by atoms with Gasteiger partial charge < -0.3 is 14.7 Å². The zero-order valence-electron chi connectivity index (χ0n) is 13.1. The number of benzene rings is 1. The van der Waals surface area contributed by atoms with Gasteiger partial charge in [-0.05, 0) is 44.4 Å². The Bertz CT molecular complexity index is 483. The Morgan fingerprint density at radius 2 is 2.10 bits per heavy atom. The van der Waals surface area contributed by atoms with E-state index in [2.05, 4.69) is 0 Å². The van der Waals surface area contributed by atoms with Gasteiger partial charge in [0.2, 0.25) is 5.91 Å². The number of hydrogen-bond acceptors (Lipinski definition) is 3. The van der Waals surface area contributed by atoms with Crippen molar-refractivity contribution >= 4 is 12.0 Å². The molecule has 0 saturated carbocycles. The average molecular weight is 291 g/mol. The lowest BCUT2D eigenvalue weighted by Gasteiger charge is -2.14. The second-order valence-corrected chi connectivity index (χ2v) is 5.12. The summed E-state index contributed by atoms with van der Waals surface area (Å²) < 4.78 is 5.29. The second-order valence-electron chi connectivity index (χ2n) is 5.12. The maximum Gasteiger partial charge on any atom is 0.246 e. The first kappa shape index (κ1) is 17.2. The molecule has 0 unspecified atom stereocenters. The minimum atomic E-state index is -0.0254. The summed E-state index contributed by atoms with van der Waals surface area (Å²) in [4.78, 5) is 13.7. The van der Waals surface area contributed by atoms with Gasteiger partial charge in [-0.25, -0.2) is 0 Å². The quantitative estimate of drug-likeness (QED) is 0.592. The van der Waals surface area contributed by atoms with Gasteiger partial charge in [-0.2, -0.15) is 0 Å². The predicted molar refractivity (Wildman–Crippen MR) is 85.3 cm³/mol. The number of methoxy groups -OCH3 is 1. The van der Waals surface area contributed by atoms with Crippen LogP contribution in [0.4, 0.5) is 0 Å². The molecule has 1 aromatic carbocycles. The highest BCUT2D eigenvalue weighted by Crippen LogP contribution is 2.21. The van der Waals surface area contributed by atoms with Crippen LogP contribution in [0.25, 0.3) is 6.08 Å². The third-order valence-electron chi connectivity index (χ3n) is 3.32. The van der Waals surface area contributed by atoms with E-state index in [9.17, 15) is 4.79 Å². The van der Waals surface area contributed by atoms with E-state index < -0.39 is 0 Å². The van der Waals surface area contributed by atoms with Gasteiger partial charge in [-0.3, -0.25) is 4.79 Å². The van der Waals surface area contributed by atoms with Crippen LogP contribution in [0, 0.1) is 6.92 Å². The largest absolute Gasteiger partial charge is 0.496 e. The summed E-state index contributed by atoms with van der Waals surface area (Å²) in [5.41, 5.74) is 2.03. The Hall–Kier alpha value is -1.81. The highest BCUT2D eigenvalue weighted by molar-refractivity contribution is 5.92. The van der Waals surface area contributed by atoms with Gasteiger partial charge in [-0.1, -0.05) is 11.6 Å². The normalized spacial score (nSPS) is 10.9. The van der Waals surface area contributed by atoms with Crippen LogP contribution in [0.3, 0.4) is 0 Å². The van der Waals surface area contributed by atoms with E-state index in [4.69, 9.17) is 9.84 Å². The van der Waals surface area contributed by atoms with E-state index in [-0.39, 0.29) is 12.5 Å². The molecular formula is C17H25NO3. The van der Waals surface area contributed by atoms with E-state index >= 15 is 0 Å². The van der Waals surface area contributed by atoms with Gasteiger partial charge in [0.15, 0.2) is 0 Å². The van der Waals surface area contributed by atoms with Crippen LogP contribution in [0.1, 0.15) is 30.4 Å². The Balaban J connectivity index is 2.59. The van der Waals surface area contributed by atoms with Crippen LogP contribution >= 0.6 is 0 Å². The summed E-state index contributed by atoms with van der Waals surface area (Å²) in [6, 6.07) is 5.87. The minimum absolute atomic E-state index is 0.0254. The zero-order chi connectivity index (χ0) is 15.7. The van der Waals surface area contributed by atoms with Gasteiger partial charge in [-0.15, -0.1) is 0 Å². The maximum atomic E-state index is 12.0. The number of hydrogen-bond donors (Lipinski definition) is 1. The molecule has 0 fully saturated rings. The minimum Gasteiger partial charge on any atom is -0.496 e. The van der Waals surface area contributed by atoms with Crippen molar-refractivity contribution in [1.29, 1.82) is 0 Å². The summed E-state index contributed by atoms with van der Waals surface area (Å²) in [5.74, 6) is 0.734. The number of aliphatic hydroxyl groups is 1. The summed E-state index contributed by atoms with van der Waals surface area (Å²) in [6.45, 7) is 2.92. The summed E-state index contributed by atoms with van der Waals surface area (Å²) in [5, 5.41) is 8.72. The Kier molecular flexibility index (Phi) is 7.54. The molecule has 0 atom stereocenters. The van der Waals surface area contributed by atoms with Crippen molar-refractivity contribution < 1.29 is 14.6 Å². The van der Waals surface area contributed by atoms with Crippen molar-refractivity contribution in [3.63, 3.8) is 0 Å². The molecule has 0 bridgehead atoms. The lowest BCUT2D eigenvalue weighted by molar-refractivity contribution is -0.124. The van der Waals surface area contributed by atoms with Crippen molar-refractivity contribution in [3.05, 3.63) is 35.4 Å². The molecule has 0 aliphatic heterocycles. The van der Waals surface area contributed by atoms with Gasteiger partial charge >= 0.3 is 0 Å². The first-order valence-corrected chi connectivity index (χ1v) is 7.27. The summed E-state index contributed by atoms with van der Waals surface area (Å²) >= 11 is 0. The third kappa shape index (κ3) is 6.00. The van der Waals surface area contributed by atoms with Gasteiger partial charge in [0.05, 0.1) is 7.11 Å². The molecule has 0 saturated heterocycles. The third-order valence-corrected chi connectivity index (χ3v) is 3.32. The number of likely N-dealkylation sites (N-methyl/N-ethyl adjacent to an activating group) is 1. The van der Waals surface area contributed by atoms with Crippen LogP contribution in [-0.2, 0) is 4.79 Å². The molecule has 116 valence electrons. The van der Waals surface area contributed by atoms with Crippen molar-refractivity contribution in [2.24, 2.45) is 0 Å². The Morgan fingerprint density at radius 1 is 1.33 bits per heavy atom. The van der Waals surface area contributed by atoms with E-state index in [1.54, 1.807) is 31.2 Å². The standard InChI is InChI=1S/C17H25NO3/c1-14-7-9-16(21-3)15(13-14)8-10-17(20)18(2)11-5-4-6-12-19/h7-10,13,19H,4-6,11-12H2,1-3H3/b10-8+. The molecule has 1 rings (SSSR count). The highest BCUT2D eigenvalue weighted by atomic mass is 16.5. The SMILES string of the molecule is COc1ccc(C)cc1/C=C/C(=O)N(C)CCCCCO. The number of carbonyl (C=O) groups is 1. The second kappa shape index (κ2) is 9.19. The van der Waals surface area contributed by atoms with E-state index in [0.717, 1.165) is 36.1 Å². The smallest absolute Gasteiger partial charge is 0.246 e. The molecule has 1 amide bonds. The zero-order valence-corrected chi connectivity index (χ0v) is 13.1. The fourth-order valence-corrected chi connectivity index (χ4v) is 2.02. The summed E-state index contributed by atoms with van der Waals surface area (Å²) in [6.07, 6.45) is 5.99. The molecule has 0 heterocycles. The number of amides is 1. The molecule has 21 heavy (non-hydrogen) atoms. The lowest BCUT2D eigenvalue weighted by atomic mass is 10.1. The fourth-order valence-electron chi connectivity index (χ4n) is 2.02. The van der Waals surface area contributed by atoms with E-state index in [1.807, 2.05) is 25.1 Å². The molecular weight excluding hydrogens is 266 g/mol. The summed E-state index contributed by atoms with van der Waals surface area (Å²) in [7, 11) is 3.41. The molecule has 1 N–H and O–H groups in total. The van der Waals surface area contributed by atoms with Gasteiger partial charge in [0.25, 0.3) is 0 Å². The van der Waals surface area contributed by atoms with E-state index in [0.29, 0.717) is 6.54 Å². The van der Waals surface area contributed by atoms with Crippen LogP contribution in [0.15, 0.2) is 24.3 Å². The average Bonchev–Trinajstić information content (AvgIpc) is 2.49. The van der Waals surface area contributed by atoms with Crippen LogP contribution < -0.4 is 4.74 Å². The van der Waals surface area contributed by atoms with Crippen LogP contribution in [0.2, 0.25) is 0 Å². The first-order chi connectivity index (χ1) is 10.1. The molecule has 1 aromatic rings.